The second kappa shape index (κ2) is 27.4. The predicted molar refractivity (Wildman–Crippen MR) is 298 cm³/mol. The van der Waals surface area contributed by atoms with Gasteiger partial charge in [0.1, 0.15) is 47.7 Å². The third kappa shape index (κ3) is 16.3. The zero-order valence-corrected chi connectivity index (χ0v) is 47.8. The second-order valence-electron chi connectivity index (χ2n) is 21.4. The topological polar surface area (TPSA) is 236 Å². The van der Waals surface area contributed by atoms with Gasteiger partial charge >= 0.3 is 12.2 Å². The summed E-state index contributed by atoms with van der Waals surface area (Å²) in [6.07, 6.45) is 12.0. The minimum Gasteiger partial charge on any atom is -0.474 e. The number of piperidine rings is 4. The molecule has 3 amide bonds. The molecular formula is C56H69Cl2N11O11. The van der Waals surface area contributed by atoms with E-state index in [1.807, 2.05) is 32.6 Å². The number of carbonyl (C=O) groups is 4. The molecule has 0 spiro atoms. The largest absolute Gasteiger partial charge is 0.534 e. The number of anilines is 4. The van der Waals surface area contributed by atoms with Gasteiger partial charge < -0.3 is 49.3 Å². The van der Waals surface area contributed by atoms with Gasteiger partial charge in [0, 0.05) is 64.1 Å². The highest BCUT2D eigenvalue weighted by Gasteiger charge is 2.44. The van der Waals surface area contributed by atoms with Crippen molar-refractivity contribution in [2.45, 2.75) is 166 Å². The van der Waals surface area contributed by atoms with E-state index in [4.69, 9.17) is 64.8 Å². The number of halogens is 2. The lowest BCUT2D eigenvalue weighted by Crippen LogP contribution is -2.58. The molecular weight excluding hydrogens is 1070 g/mol. The van der Waals surface area contributed by atoms with Crippen molar-refractivity contribution in [2.24, 2.45) is 0 Å². The Morgan fingerprint density at radius 3 is 1.59 bits per heavy atom. The van der Waals surface area contributed by atoms with Gasteiger partial charge in [-0.15, -0.1) is 0 Å². The van der Waals surface area contributed by atoms with Crippen molar-refractivity contribution in [2.75, 3.05) is 38.1 Å². The van der Waals surface area contributed by atoms with Crippen LogP contribution in [0.25, 0.3) is 9.69 Å². The molecule has 22 nitrogen and oxygen atoms in total. The summed E-state index contributed by atoms with van der Waals surface area (Å²) in [5.41, 5.74) is 2.36. The molecule has 0 aliphatic carbocycles. The van der Waals surface area contributed by atoms with E-state index in [1.54, 1.807) is 57.4 Å². The maximum Gasteiger partial charge on any atom is 0.534 e. The Morgan fingerprint density at radius 1 is 0.688 bits per heavy atom. The fourth-order valence-corrected chi connectivity index (χ4v) is 10.8. The van der Waals surface area contributed by atoms with E-state index in [0.29, 0.717) is 92.8 Å². The molecule has 4 aromatic rings. The van der Waals surface area contributed by atoms with Crippen LogP contribution < -0.4 is 25.4 Å². The summed E-state index contributed by atoms with van der Waals surface area (Å²) in [5, 5.41) is 11.5. The second-order valence-corrected chi connectivity index (χ2v) is 22.3. The molecule has 428 valence electrons. The number of ether oxygens (including phenoxy) is 6. The minimum atomic E-state index is -1.10. The van der Waals surface area contributed by atoms with Crippen LogP contribution >= 0.6 is 23.2 Å². The van der Waals surface area contributed by atoms with E-state index in [9.17, 15) is 19.2 Å². The number of hydrogen-bond acceptors (Lipinski definition) is 18. The monoisotopic (exact) mass is 1140 g/mol. The molecule has 5 fully saturated rings. The number of methoxy groups -OCH3 is 2. The van der Waals surface area contributed by atoms with E-state index in [2.05, 4.69) is 50.4 Å². The molecule has 9 rings (SSSR count). The summed E-state index contributed by atoms with van der Waals surface area (Å²) in [6.45, 7) is 25.5. The van der Waals surface area contributed by atoms with Gasteiger partial charge in [-0.25, -0.2) is 39.2 Å². The molecule has 2 aromatic heterocycles. The summed E-state index contributed by atoms with van der Waals surface area (Å²) in [4.78, 5) is 77.4. The maximum absolute atomic E-state index is 13.1. The van der Waals surface area contributed by atoms with Crippen molar-refractivity contribution in [1.29, 1.82) is 0 Å². The first kappa shape index (κ1) is 60.6. The molecule has 0 radical (unpaired) electrons. The van der Waals surface area contributed by atoms with Crippen molar-refractivity contribution in [1.82, 2.24) is 35.2 Å². The zero-order valence-electron chi connectivity index (χ0n) is 46.3. The van der Waals surface area contributed by atoms with Gasteiger partial charge in [0.25, 0.3) is 11.8 Å². The van der Waals surface area contributed by atoms with Gasteiger partial charge in [-0.05, 0) is 111 Å². The zero-order chi connectivity index (χ0) is 57.7. The van der Waals surface area contributed by atoms with Crippen LogP contribution in [-0.4, -0.2) is 129 Å². The highest BCUT2D eigenvalue weighted by atomic mass is 35.5. The number of benzene rings is 2. The summed E-state index contributed by atoms with van der Waals surface area (Å²) in [6, 6.07) is 11.4. The standard InChI is InChI=1S/C26H32ClN5O4.C20H22ClN5O.C10H15NO6/c1-16-23(31-22-10-9-17(28-4)11-21(22)27)29-15-30-24(16)35-20-12-18-7-6-8-19(13-20)32(18)25(33)36-26(2,3)14-34-5;1-12-19(26-18-7-6-13(22-2)10-17(18)21)23-11-24-20(12)27-16-8-14-4-3-5-15(9-16)25-14;1-10(2,6-15-3)16-9(14)17-11-7(12)4-5-8(11)13/h9-11,15,18-20H,6-8,12-14H2,1-3,5H3,(H,29,30,31);6-7,10-11,14-16,25H,3-5,8-9H2,1H3,(H,23,24,26);4-6H2,1-3H3. The number of amides is 3. The van der Waals surface area contributed by atoms with Gasteiger partial charge in [0.2, 0.25) is 11.8 Å². The number of carbonyl (C=O) groups excluding carboxylic acids is 4. The lowest BCUT2D eigenvalue weighted by molar-refractivity contribution is -0.182. The minimum absolute atomic E-state index is 0.0492. The molecule has 5 saturated heterocycles. The molecule has 80 heavy (non-hydrogen) atoms. The predicted octanol–water partition coefficient (Wildman–Crippen LogP) is 11.5. The van der Waals surface area contributed by atoms with Crippen molar-refractivity contribution in [3.8, 4) is 11.8 Å². The first-order chi connectivity index (χ1) is 38.2. The van der Waals surface area contributed by atoms with Crippen LogP contribution in [0, 0.1) is 27.0 Å². The quantitative estimate of drug-likeness (QED) is 0.0570. The molecule has 4 unspecified atom stereocenters. The average Bonchev–Trinajstić information content (AvgIpc) is 3.78. The van der Waals surface area contributed by atoms with Crippen LogP contribution in [-0.2, 0) is 33.4 Å². The van der Waals surface area contributed by atoms with Crippen molar-refractivity contribution in [3.05, 3.63) is 93.1 Å². The van der Waals surface area contributed by atoms with Crippen molar-refractivity contribution in [3.63, 3.8) is 0 Å². The number of aromatic nitrogens is 4. The molecule has 7 heterocycles. The van der Waals surface area contributed by atoms with E-state index in [-0.39, 0.29) is 49.8 Å². The Bertz CT molecular complexity index is 2910. The Balaban J connectivity index is 0.000000185. The average molecular weight is 1140 g/mol. The number of fused-ring (bicyclic) bond motifs is 4. The van der Waals surface area contributed by atoms with Gasteiger partial charge in [-0.2, -0.15) is 0 Å². The molecule has 5 aliphatic rings. The third-order valence-corrected chi connectivity index (χ3v) is 14.6. The summed E-state index contributed by atoms with van der Waals surface area (Å²) < 4.78 is 33.4. The first-order valence-corrected chi connectivity index (χ1v) is 27.3. The van der Waals surface area contributed by atoms with Gasteiger partial charge in [-0.3, -0.25) is 14.4 Å². The number of nitrogens with one attached hydrogen (secondary N) is 3. The summed E-state index contributed by atoms with van der Waals surface area (Å²) in [5.74, 6) is 1.27. The van der Waals surface area contributed by atoms with Gasteiger partial charge in [0.05, 0.1) is 58.9 Å². The molecule has 4 atom stereocenters. The highest BCUT2D eigenvalue weighted by molar-refractivity contribution is 6.34. The van der Waals surface area contributed by atoms with E-state index in [0.717, 1.165) is 43.2 Å². The van der Waals surface area contributed by atoms with Crippen LogP contribution in [0.2, 0.25) is 10.0 Å². The smallest absolute Gasteiger partial charge is 0.474 e. The molecule has 24 heteroatoms. The highest BCUT2D eigenvalue weighted by Crippen LogP contribution is 2.39. The van der Waals surface area contributed by atoms with E-state index in [1.165, 1.54) is 39.0 Å². The third-order valence-electron chi connectivity index (χ3n) is 14.0. The normalized spacial score (nSPS) is 21.2. The van der Waals surface area contributed by atoms with Crippen LogP contribution in [0.5, 0.6) is 11.8 Å². The first-order valence-electron chi connectivity index (χ1n) is 26.5. The fraction of sp³-hybridized carbons (Fsp3) is 0.536. The van der Waals surface area contributed by atoms with Crippen LogP contribution in [0.1, 0.15) is 116 Å². The van der Waals surface area contributed by atoms with Crippen LogP contribution in [0.3, 0.4) is 0 Å². The molecule has 4 bridgehead atoms. The number of imide groups is 1. The Hall–Kier alpha value is -7.08. The summed E-state index contributed by atoms with van der Waals surface area (Å²) in [7, 11) is 3.06. The van der Waals surface area contributed by atoms with Crippen LogP contribution in [0.4, 0.5) is 44.0 Å². The summed E-state index contributed by atoms with van der Waals surface area (Å²) >= 11 is 12.6. The number of nitrogens with zero attached hydrogens (tertiary/aromatic N) is 8. The number of hydrogen-bond donors (Lipinski definition) is 3. The van der Waals surface area contributed by atoms with Gasteiger partial charge in [-0.1, -0.05) is 46.8 Å². The van der Waals surface area contributed by atoms with Crippen molar-refractivity contribution < 1.29 is 52.4 Å². The fourth-order valence-electron chi connectivity index (χ4n) is 10.3. The number of hydroxylamine groups is 2. The Kier molecular flexibility index (Phi) is 20.7. The lowest BCUT2D eigenvalue weighted by atomic mass is 9.83. The molecule has 2 aromatic carbocycles. The SMILES string of the molecule is COCC(C)(C)OC(=O)ON1C(=O)CCC1=O.[C-]#[N+]c1ccc(Nc2ncnc(OC3CC4CCCC(C3)N4)c2C)c(Cl)c1.[C-]#[N+]c1ccc(Nc2ncnc(OC3CC4CCCC(C3)N4C(=O)OC(C)(C)COC)c2C)c(Cl)c1. The van der Waals surface area contributed by atoms with Crippen LogP contribution in [0.15, 0.2) is 49.1 Å². The van der Waals surface area contributed by atoms with Gasteiger partial charge in [0.15, 0.2) is 11.4 Å². The van der Waals surface area contributed by atoms with Crippen molar-refractivity contribution >= 4 is 81.7 Å². The van der Waals surface area contributed by atoms with E-state index >= 15 is 0 Å². The molecule has 5 aliphatic heterocycles. The Labute approximate surface area is 476 Å². The molecule has 3 N–H and O–H groups in total. The Morgan fingerprint density at radius 2 is 1.14 bits per heavy atom. The molecule has 0 saturated carbocycles. The lowest BCUT2D eigenvalue weighted by Gasteiger charge is -2.48. The number of rotatable bonds is 15. The van der Waals surface area contributed by atoms with E-state index < -0.39 is 29.2 Å². The maximum atomic E-state index is 13.1.